The molecule has 0 aliphatic heterocycles. The number of carboxylic acids is 1. The second-order valence-corrected chi connectivity index (χ2v) is 4.64. The number of hydrogen-bond donors (Lipinski definition) is 2. The molecule has 0 unspecified atom stereocenters. The highest BCUT2D eigenvalue weighted by molar-refractivity contribution is 5.91. The lowest BCUT2D eigenvalue weighted by molar-refractivity contribution is -0.138. The number of nitrogens with zero attached hydrogens (tertiary/aromatic N) is 1. The number of alkyl halides is 3. The average Bonchev–Trinajstić information content (AvgIpc) is 2.45. The van der Waals surface area contributed by atoms with Crippen molar-refractivity contribution in [3.05, 3.63) is 23.8 Å². The Kier molecular flexibility index (Phi) is 6.23. The quantitative estimate of drug-likeness (QED) is 0.838. The van der Waals surface area contributed by atoms with Gasteiger partial charge in [-0.3, -0.25) is 4.79 Å². The molecule has 0 aliphatic carbocycles. The van der Waals surface area contributed by atoms with E-state index in [4.69, 9.17) is 9.84 Å². The number of aliphatic carboxylic acids is 1. The smallest absolute Gasteiger partial charge is 0.416 e. The Labute approximate surface area is 130 Å². The summed E-state index contributed by atoms with van der Waals surface area (Å²) >= 11 is 0. The number of ether oxygens (including phenoxy) is 1. The largest absolute Gasteiger partial charge is 0.492 e. The van der Waals surface area contributed by atoms with Crippen molar-refractivity contribution in [1.29, 1.82) is 0 Å². The summed E-state index contributed by atoms with van der Waals surface area (Å²) in [5.74, 6) is -0.987. The minimum Gasteiger partial charge on any atom is -0.492 e. The number of anilines is 1. The highest BCUT2D eigenvalue weighted by Crippen LogP contribution is 2.35. The Morgan fingerprint density at radius 1 is 1.35 bits per heavy atom. The van der Waals surface area contributed by atoms with E-state index in [0.717, 1.165) is 23.1 Å². The molecular formula is C14H17F3N2O4. The number of carboxylic acid groups (broad SMARTS) is 1. The van der Waals surface area contributed by atoms with Crippen molar-refractivity contribution < 1.29 is 32.6 Å². The molecule has 1 aromatic carbocycles. The van der Waals surface area contributed by atoms with Crippen LogP contribution in [0.3, 0.4) is 0 Å². The summed E-state index contributed by atoms with van der Waals surface area (Å²) in [6.45, 7) is 1.79. The Morgan fingerprint density at radius 3 is 2.52 bits per heavy atom. The molecule has 0 aliphatic rings. The first-order valence-electron chi connectivity index (χ1n) is 6.73. The number of benzene rings is 1. The standard InChI is InChI=1S/C14H17F3N2O4/c1-3-23-11-5-4-9(14(15,16)17)8-10(11)18-13(22)19(2)7-6-12(20)21/h4-5,8H,3,6-7H2,1-2H3,(H,18,22)(H,20,21). The van der Waals surface area contributed by atoms with Gasteiger partial charge in [0.2, 0.25) is 0 Å². The van der Waals surface area contributed by atoms with Gasteiger partial charge in [0, 0.05) is 13.6 Å². The first-order chi connectivity index (χ1) is 10.6. The SMILES string of the molecule is CCOc1ccc(C(F)(F)F)cc1NC(=O)N(C)CCC(=O)O. The molecule has 0 aromatic heterocycles. The monoisotopic (exact) mass is 334 g/mol. The third kappa shape index (κ3) is 5.68. The van der Waals surface area contributed by atoms with E-state index >= 15 is 0 Å². The first kappa shape index (κ1) is 18.6. The molecule has 0 radical (unpaired) electrons. The predicted molar refractivity (Wildman–Crippen MR) is 76.5 cm³/mol. The van der Waals surface area contributed by atoms with Gasteiger partial charge in [0.1, 0.15) is 5.75 Å². The minimum atomic E-state index is -4.56. The van der Waals surface area contributed by atoms with Crippen molar-refractivity contribution in [3.8, 4) is 5.75 Å². The van der Waals surface area contributed by atoms with Crippen LogP contribution in [0.25, 0.3) is 0 Å². The van der Waals surface area contributed by atoms with Crippen molar-refractivity contribution in [3.63, 3.8) is 0 Å². The lowest BCUT2D eigenvalue weighted by Gasteiger charge is -2.19. The Hall–Kier alpha value is -2.45. The van der Waals surface area contributed by atoms with E-state index in [1.54, 1.807) is 6.92 Å². The van der Waals surface area contributed by atoms with Gasteiger partial charge in [-0.2, -0.15) is 13.2 Å². The molecular weight excluding hydrogens is 317 g/mol. The Bertz CT molecular complexity index is 576. The van der Waals surface area contributed by atoms with Gasteiger partial charge >= 0.3 is 18.2 Å². The molecule has 0 saturated heterocycles. The number of amides is 2. The van der Waals surface area contributed by atoms with Gasteiger partial charge < -0.3 is 20.1 Å². The van der Waals surface area contributed by atoms with Crippen LogP contribution in [0, 0.1) is 0 Å². The van der Waals surface area contributed by atoms with Gasteiger partial charge in [-0.05, 0) is 25.1 Å². The van der Waals surface area contributed by atoms with E-state index in [1.807, 2.05) is 0 Å². The zero-order valence-electron chi connectivity index (χ0n) is 12.6. The summed E-state index contributed by atoms with van der Waals surface area (Å²) in [4.78, 5) is 23.5. The zero-order valence-corrected chi connectivity index (χ0v) is 12.6. The van der Waals surface area contributed by atoms with Gasteiger partial charge in [-0.15, -0.1) is 0 Å². The highest BCUT2D eigenvalue weighted by Gasteiger charge is 2.31. The van der Waals surface area contributed by atoms with Crippen LogP contribution in [0.4, 0.5) is 23.7 Å². The van der Waals surface area contributed by atoms with Gasteiger partial charge in [-0.25, -0.2) is 4.79 Å². The number of nitrogens with one attached hydrogen (secondary N) is 1. The summed E-state index contributed by atoms with van der Waals surface area (Å²) in [5.41, 5.74) is -1.06. The lowest BCUT2D eigenvalue weighted by Crippen LogP contribution is -2.33. The molecule has 1 rings (SSSR count). The molecule has 0 heterocycles. The summed E-state index contributed by atoms with van der Waals surface area (Å²) in [5, 5.41) is 10.9. The van der Waals surface area contributed by atoms with Gasteiger partial charge in [0.25, 0.3) is 0 Å². The fourth-order valence-electron chi connectivity index (χ4n) is 1.66. The number of carbonyl (C=O) groups excluding carboxylic acids is 1. The maximum Gasteiger partial charge on any atom is 0.416 e. The van der Waals surface area contributed by atoms with Crippen molar-refractivity contribution >= 4 is 17.7 Å². The van der Waals surface area contributed by atoms with Crippen molar-refractivity contribution in [2.75, 3.05) is 25.5 Å². The fraction of sp³-hybridized carbons (Fsp3) is 0.429. The summed E-state index contributed by atoms with van der Waals surface area (Å²) in [6, 6.07) is 2.02. The topological polar surface area (TPSA) is 78.9 Å². The number of rotatable bonds is 6. The number of hydrogen-bond acceptors (Lipinski definition) is 3. The van der Waals surface area contributed by atoms with E-state index in [-0.39, 0.29) is 31.0 Å². The molecule has 6 nitrogen and oxygen atoms in total. The first-order valence-corrected chi connectivity index (χ1v) is 6.73. The average molecular weight is 334 g/mol. The maximum atomic E-state index is 12.8. The molecule has 2 N–H and O–H groups in total. The summed E-state index contributed by atoms with van der Waals surface area (Å²) < 4.78 is 43.5. The van der Waals surface area contributed by atoms with Gasteiger partial charge in [-0.1, -0.05) is 0 Å². The normalized spacial score (nSPS) is 11.0. The molecule has 0 saturated carbocycles. The molecule has 9 heteroatoms. The molecule has 128 valence electrons. The third-order valence-corrected chi connectivity index (χ3v) is 2.86. The van der Waals surface area contributed by atoms with Crippen LogP contribution in [0.2, 0.25) is 0 Å². The van der Waals surface area contributed by atoms with Crippen LogP contribution in [-0.4, -0.2) is 42.2 Å². The molecule has 2 amide bonds. The van der Waals surface area contributed by atoms with Gasteiger partial charge in [0.05, 0.1) is 24.3 Å². The Balaban J connectivity index is 2.95. The van der Waals surface area contributed by atoms with Gasteiger partial charge in [0.15, 0.2) is 0 Å². The summed E-state index contributed by atoms with van der Waals surface area (Å²) in [6.07, 6.45) is -4.83. The van der Waals surface area contributed by atoms with Crippen LogP contribution in [0.15, 0.2) is 18.2 Å². The van der Waals surface area contributed by atoms with Crippen LogP contribution < -0.4 is 10.1 Å². The van der Waals surface area contributed by atoms with Crippen molar-refractivity contribution in [2.45, 2.75) is 19.5 Å². The summed E-state index contributed by atoms with van der Waals surface area (Å²) in [7, 11) is 1.34. The van der Waals surface area contributed by atoms with Crippen molar-refractivity contribution in [1.82, 2.24) is 4.90 Å². The number of carbonyl (C=O) groups is 2. The lowest BCUT2D eigenvalue weighted by atomic mass is 10.2. The highest BCUT2D eigenvalue weighted by atomic mass is 19.4. The third-order valence-electron chi connectivity index (χ3n) is 2.86. The minimum absolute atomic E-state index is 0.0793. The fourth-order valence-corrected chi connectivity index (χ4v) is 1.66. The number of urea groups is 1. The van der Waals surface area contributed by atoms with Crippen LogP contribution in [-0.2, 0) is 11.0 Å². The van der Waals surface area contributed by atoms with Crippen LogP contribution in [0.5, 0.6) is 5.75 Å². The predicted octanol–water partition coefficient (Wildman–Crippen LogP) is 3.04. The zero-order chi connectivity index (χ0) is 17.6. The van der Waals surface area contributed by atoms with E-state index in [9.17, 15) is 22.8 Å². The second kappa shape index (κ2) is 7.70. The molecule has 0 spiro atoms. The number of halogens is 3. The van der Waals surface area contributed by atoms with E-state index < -0.39 is 23.7 Å². The molecule has 23 heavy (non-hydrogen) atoms. The van der Waals surface area contributed by atoms with Crippen LogP contribution >= 0.6 is 0 Å². The van der Waals surface area contributed by atoms with E-state index in [2.05, 4.69) is 5.32 Å². The van der Waals surface area contributed by atoms with Crippen LogP contribution in [0.1, 0.15) is 18.9 Å². The molecule has 0 atom stereocenters. The molecule has 0 bridgehead atoms. The molecule has 1 aromatic rings. The van der Waals surface area contributed by atoms with Crippen molar-refractivity contribution in [2.24, 2.45) is 0 Å². The molecule has 0 fully saturated rings. The van der Waals surface area contributed by atoms with E-state index in [0.29, 0.717) is 0 Å². The second-order valence-electron chi connectivity index (χ2n) is 4.64. The maximum absolute atomic E-state index is 12.8. The Morgan fingerprint density at radius 2 is 2.00 bits per heavy atom. The van der Waals surface area contributed by atoms with E-state index in [1.165, 1.54) is 7.05 Å².